The van der Waals surface area contributed by atoms with E-state index < -0.39 is 0 Å². The summed E-state index contributed by atoms with van der Waals surface area (Å²) in [6.45, 7) is 4.94. The van der Waals surface area contributed by atoms with E-state index in [1.54, 1.807) is 6.07 Å². The van der Waals surface area contributed by atoms with E-state index in [0.717, 1.165) is 11.1 Å². The van der Waals surface area contributed by atoms with Crippen LogP contribution in [0, 0.1) is 5.82 Å². The van der Waals surface area contributed by atoms with Crippen molar-refractivity contribution in [2.75, 3.05) is 18.9 Å². The molecule has 0 aliphatic heterocycles. The molecule has 2 aromatic rings. The van der Waals surface area contributed by atoms with Crippen molar-refractivity contribution in [3.63, 3.8) is 0 Å². The lowest BCUT2D eigenvalue weighted by atomic mass is 10.0. The maximum absolute atomic E-state index is 13.1. The van der Waals surface area contributed by atoms with Gasteiger partial charge in [-0.2, -0.15) is 0 Å². The average Bonchev–Trinajstić information content (AvgIpc) is 2.41. The second-order valence-corrected chi connectivity index (χ2v) is 4.26. The predicted molar refractivity (Wildman–Crippen MR) is 78.6 cm³/mol. The van der Waals surface area contributed by atoms with Crippen LogP contribution in [0.3, 0.4) is 0 Å². The molecular weight excluding hydrogens is 257 g/mol. The topological polar surface area (TPSA) is 44.5 Å². The van der Waals surface area contributed by atoms with Gasteiger partial charge in [0.05, 0.1) is 13.2 Å². The Morgan fingerprint density at radius 3 is 2.30 bits per heavy atom. The van der Waals surface area contributed by atoms with E-state index in [9.17, 15) is 4.39 Å². The van der Waals surface area contributed by atoms with Crippen LogP contribution in [0.5, 0.6) is 11.5 Å². The van der Waals surface area contributed by atoms with Gasteiger partial charge in [0.2, 0.25) is 0 Å². The van der Waals surface area contributed by atoms with E-state index in [1.807, 2.05) is 32.0 Å². The number of hydrogen-bond donors (Lipinski definition) is 1. The Morgan fingerprint density at radius 1 is 0.950 bits per heavy atom. The number of nitrogen functional groups attached to an aromatic ring is 1. The van der Waals surface area contributed by atoms with Crippen molar-refractivity contribution in [3.8, 4) is 22.6 Å². The molecule has 0 heterocycles. The normalized spacial score (nSPS) is 10.3. The first-order valence-electron chi connectivity index (χ1n) is 6.60. The Balaban J connectivity index is 2.44. The fraction of sp³-hybridized carbons (Fsp3) is 0.250. The third kappa shape index (κ3) is 3.02. The van der Waals surface area contributed by atoms with Gasteiger partial charge in [0.1, 0.15) is 5.82 Å². The van der Waals surface area contributed by atoms with Crippen LogP contribution >= 0.6 is 0 Å². The van der Waals surface area contributed by atoms with Crippen LogP contribution in [0.2, 0.25) is 0 Å². The molecule has 0 aliphatic carbocycles. The first kappa shape index (κ1) is 14.2. The first-order valence-corrected chi connectivity index (χ1v) is 6.60. The molecule has 3 nitrogen and oxygen atoms in total. The van der Waals surface area contributed by atoms with Crippen LogP contribution in [0.25, 0.3) is 11.1 Å². The van der Waals surface area contributed by atoms with Gasteiger partial charge in [0.25, 0.3) is 0 Å². The molecule has 0 atom stereocenters. The van der Waals surface area contributed by atoms with Crippen molar-refractivity contribution in [1.82, 2.24) is 0 Å². The minimum atomic E-state index is -0.345. The molecule has 0 bridgehead atoms. The molecule has 0 saturated heterocycles. The summed E-state index contributed by atoms with van der Waals surface area (Å²) < 4.78 is 24.2. The number of hydrogen-bond acceptors (Lipinski definition) is 3. The zero-order valence-electron chi connectivity index (χ0n) is 11.7. The summed E-state index contributed by atoms with van der Waals surface area (Å²) in [6.07, 6.45) is 0. The molecule has 2 N–H and O–H groups in total. The third-order valence-corrected chi connectivity index (χ3v) is 2.87. The van der Waals surface area contributed by atoms with Crippen molar-refractivity contribution >= 4 is 5.69 Å². The van der Waals surface area contributed by atoms with Gasteiger partial charge in [-0.1, -0.05) is 6.07 Å². The number of benzene rings is 2. The van der Waals surface area contributed by atoms with Crippen LogP contribution in [0.4, 0.5) is 10.1 Å². The van der Waals surface area contributed by atoms with Crippen LogP contribution in [0.1, 0.15) is 13.8 Å². The lowest BCUT2D eigenvalue weighted by Gasteiger charge is -2.13. The zero-order valence-corrected chi connectivity index (χ0v) is 11.7. The quantitative estimate of drug-likeness (QED) is 0.842. The van der Waals surface area contributed by atoms with Gasteiger partial charge < -0.3 is 15.2 Å². The SMILES string of the molecule is CCOc1ccc(-c2ccc(F)cc2N)cc1OCC. The summed E-state index contributed by atoms with van der Waals surface area (Å²) in [5.74, 6) is 1.01. The number of ether oxygens (including phenoxy) is 2. The molecule has 0 unspecified atom stereocenters. The zero-order chi connectivity index (χ0) is 14.5. The maximum Gasteiger partial charge on any atom is 0.161 e. The van der Waals surface area contributed by atoms with Crippen LogP contribution in [-0.4, -0.2) is 13.2 Å². The second kappa shape index (κ2) is 6.28. The minimum absolute atomic E-state index is 0.345. The molecule has 2 rings (SSSR count). The Labute approximate surface area is 118 Å². The minimum Gasteiger partial charge on any atom is -0.490 e. The lowest BCUT2D eigenvalue weighted by molar-refractivity contribution is 0.288. The fourth-order valence-corrected chi connectivity index (χ4v) is 2.02. The van der Waals surface area contributed by atoms with Crippen LogP contribution in [-0.2, 0) is 0 Å². The van der Waals surface area contributed by atoms with Gasteiger partial charge in [-0.3, -0.25) is 0 Å². The second-order valence-electron chi connectivity index (χ2n) is 4.26. The summed E-state index contributed by atoms with van der Waals surface area (Å²) in [5, 5.41) is 0. The molecule has 0 saturated carbocycles. The summed E-state index contributed by atoms with van der Waals surface area (Å²) >= 11 is 0. The first-order chi connectivity index (χ1) is 9.65. The van der Waals surface area contributed by atoms with Crippen molar-refractivity contribution in [3.05, 3.63) is 42.2 Å². The van der Waals surface area contributed by atoms with Gasteiger partial charge in [-0.05, 0) is 49.7 Å². The van der Waals surface area contributed by atoms with Gasteiger partial charge in [0.15, 0.2) is 11.5 Å². The highest BCUT2D eigenvalue weighted by Gasteiger charge is 2.09. The van der Waals surface area contributed by atoms with Crippen molar-refractivity contribution in [2.45, 2.75) is 13.8 Å². The molecule has 0 aromatic heterocycles. The number of halogens is 1. The van der Waals surface area contributed by atoms with Gasteiger partial charge in [-0.15, -0.1) is 0 Å². The molecule has 106 valence electrons. The summed E-state index contributed by atoms with van der Waals surface area (Å²) in [6, 6.07) is 9.95. The highest BCUT2D eigenvalue weighted by Crippen LogP contribution is 2.35. The standard InChI is InChI=1S/C16H18FNO2/c1-3-19-15-8-5-11(9-16(15)20-4-2)13-7-6-12(17)10-14(13)18/h5-10H,3-4,18H2,1-2H3. The van der Waals surface area contributed by atoms with Gasteiger partial charge >= 0.3 is 0 Å². The van der Waals surface area contributed by atoms with E-state index in [2.05, 4.69) is 0 Å². The van der Waals surface area contributed by atoms with Crippen molar-refractivity contribution < 1.29 is 13.9 Å². The molecule has 0 spiro atoms. The molecule has 20 heavy (non-hydrogen) atoms. The lowest BCUT2D eigenvalue weighted by Crippen LogP contribution is -1.99. The molecule has 0 fully saturated rings. The number of rotatable bonds is 5. The highest BCUT2D eigenvalue weighted by atomic mass is 19.1. The highest BCUT2D eigenvalue weighted by molar-refractivity contribution is 5.77. The average molecular weight is 275 g/mol. The van der Waals surface area contributed by atoms with Crippen LogP contribution < -0.4 is 15.2 Å². The van der Waals surface area contributed by atoms with Crippen molar-refractivity contribution in [2.24, 2.45) is 0 Å². The Morgan fingerprint density at radius 2 is 1.65 bits per heavy atom. The summed E-state index contributed by atoms with van der Waals surface area (Å²) in [7, 11) is 0. The predicted octanol–water partition coefficient (Wildman–Crippen LogP) is 3.87. The molecular formula is C16H18FNO2. The Kier molecular flexibility index (Phi) is 4.45. The van der Waals surface area contributed by atoms with Gasteiger partial charge in [0, 0.05) is 11.3 Å². The Hall–Kier alpha value is -2.23. The van der Waals surface area contributed by atoms with Gasteiger partial charge in [-0.25, -0.2) is 4.39 Å². The van der Waals surface area contributed by atoms with E-state index >= 15 is 0 Å². The molecule has 0 radical (unpaired) electrons. The van der Waals surface area contributed by atoms with E-state index in [4.69, 9.17) is 15.2 Å². The smallest absolute Gasteiger partial charge is 0.161 e. The fourth-order valence-electron chi connectivity index (χ4n) is 2.02. The summed E-state index contributed by atoms with van der Waals surface area (Å²) in [4.78, 5) is 0. The molecule has 0 aliphatic rings. The maximum atomic E-state index is 13.1. The molecule has 2 aromatic carbocycles. The van der Waals surface area contributed by atoms with E-state index in [0.29, 0.717) is 30.4 Å². The van der Waals surface area contributed by atoms with E-state index in [1.165, 1.54) is 12.1 Å². The number of anilines is 1. The van der Waals surface area contributed by atoms with Crippen molar-refractivity contribution in [1.29, 1.82) is 0 Å². The number of nitrogens with two attached hydrogens (primary N) is 1. The summed E-state index contributed by atoms with van der Waals surface area (Å²) in [5.41, 5.74) is 7.91. The van der Waals surface area contributed by atoms with E-state index in [-0.39, 0.29) is 5.82 Å². The Bertz CT molecular complexity index is 599. The third-order valence-electron chi connectivity index (χ3n) is 2.87. The molecule has 4 heteroatoms. The largest absolute Gasteiger partial charge is 0.490 e. The van der Waals surface area contributed by atoms with Crippen LogP contribution in [0.15, 0.2) is 36.4 Å². The monoisotopic (exact) mass is 275 g/mol. The molecule has 0 amide bonds.